The van der Waals surface area contributed by atoms with Crippen LogP contribution in [0.2, 0.25) is 20.1 Å². The van der Waals surface area contributed by atoms with Gasteiger partial charge in [-0.25, -0.2) is 4.79 Å². The number of phenols is 2. The van der Waals surface area contributed by atoms with E-state index in [1.165, 1.54) is 12.1 Å². The van der Waals surface area contributed by atoms with Gasteiger partial charge in [0.25, 0.3) is 0 Å². The fourth-order valence-corrected chi connectivity index (χ4v) is 7.39. The Bertz CT molecular complexity index is 1410. The number of benzene rings is 3. The summed E-state index contributed by atoms with van der Waals surface area (Å²) in [5.41, 5.74) is -1.02. The van der Waals surface area contributed by atoms with Crippen molar-refractivity contribution in [2.45, 2.75) is 5.60 Å². The van der Waals surface area contributed by atoms with Crippen molar-refractivity contribution in [2.24, 2.45) is 0 Å². The SMILES string of the molecule is O=C1OC2(c3cc(Br)c(O)c(Br)c3Oc3c2cc(Br)c(O)c3Br)c2c(Cl)c(Cl)c(Cl)c(Cl)c21.[Na+].[Na+]. The summed E-state index contributed by atoms with van der Waals surface area (Å²) in [7, 11) is 0. The molecule has 3 aromatic carbocycles. The predicted octanol–water partition coefficient (Wildman–Crippen LogP) is 3.34. The Morgan fingerprint density at radius 1 is 0.743 bits per heavy atom. The number of halogens is 8. The van der Waals surface area contributed by atoms with Crippen LogP contribution < -0.4 is 63.9 Å². The Labute approximate surface area is 296 Å². The van der Waals surface area contributed by atoms with Crippen LogP contribution in [0.4, 0.5) is 0 Å². The molecule has 2 N–H and O–H groups in total. The zero-order valence-corrected chi connectivity index (χ0v) is 30.7. The summed E-state index contributed by atoms with van der Waals surface area (Å²) >= 11 is 39.0. The van der Waals surface area contributed by atoms with Crippen molar-refractivity contribution < 1.29 is 83.6 Å². The molecule has 0 unspecified atom stereocenters. The molecule has 0 radical (unpaired) electrons. The van der Waals surface area contributed by atoms with Gasteiger partial charge in [0.05, 0.1) is 45.7 Å². The van der Waals surface area contributed by atoms with Crippen molar-refractivity contribution in [3.8, 4) is 23.0 Å². The van der Waals surface area contributed by atoms with Crippen molar-refractivity contribution in [3.05, 3.63) is 72.4 Å². The molecule has 5 rings (SSSR count). The average molecular weight is 832 g/mol. The van der Waals surface area contributed by atoms with Gasteiger partial charge in [-0.3, -0.25) is 0 Å². The van der Waals surface area contributed by atoms with Crippen molar-refractivity contribution in [3.63, 3.8) is 0 Å². The van der Waals surface area contributed by atoms with Gasteiger partial charge in [-0.2, -0.15) is 0 Å². The quantitative estimate of drug-likeness (QED) is 0.158. The number of hydrogen-bond donors (Lipinski definition) is 2. The van der Waals surface area contributed by atoms with Crippen LogP contribution in [0.25, 0.3) is 0 Å². The molecule has 0 aromatic heterocycles. The maximum absolute atomic E-state index is 13.2. The number of hydrogen-bond acceptors (Lipinski definition) is 5. The monoisotopic (exact) mass is 826 g/mol. The molecule has 35 heavy (non-hydrogen) atoms. The fourth-order valence-electron chi connectivity index (χ4n) is 3.93. The largest absolute Gasteiger partial charge is 1.00 e. The van der Waals surface area contributed by atoms with Crippen LogP contribution in [0.3, 0.4) is 0 Å². The normalized spacial score (nSPS) is 14.2. The van der Waals surface area contributed by atoms with Gasteiger partial charge in [0.15, 0.2) is 17.1 Å². The second-order valence-corrected chi connectivity index (χ2v) is 11.8. The molecule has 0 saturated carbocycles. The standard InChI is InChI=1S/C20H4Br4Cl4O5.2Na/c21-5-1-3-17(9(23)15(5)29)32-18-4(2-6(22)16(30)10(18)24)20(3)8-7(19(31)33-20)11(25)13(27)14(28)12(8)26;;/h1-2,29-30H;;/q;2*+1. The molecule has 0 atom stereocenters. The maximum atomic E-state index is 13.2. The third-order valence-electron chi connectivity index (χ3n) is 5.33. The molecule has 1 spiro atoms. The molecular weight excluding hydrogens is 828 g/mol. The molecule has 0 bridgehead atoms. The summed E-state index contributed by atoms with van der Waals surface area (Å²) in [5, 5.41) is 20.7. The maximum Gasteiger partial charge on any atom is 1.00 e. The number of fused-ring (bicyclic) bond motifs is 6. The van der Waals surface area contributed by atoms with Crippen LogP contribution >= 0.6 is 110 Å². The molecule has 0 aliphatic carbocycles. The Morgan fingerprint density at radius 2 is 1.17 bits per heavy atom. The third kappa shape index (κ3) is 4.31. The summed E-state index contributed by atoms with van der Waals surface area (Å²) in [6, 6.07) is 3.06. The molecule has 2 aliphatic rings. The van der Waals surface area contributed by atoms with Gasteiger partial charge < -0.3 is 19.7 Å². The first-order chi connectivity index (χ1) is 15.4. The van der Waals surface area contributed by atoms with Crippen LogP contribution in [-0.2, 0) is 10.3 Å². The molecule has 15 heteroatoms. The van der Waals surface area contributed by atoms with Gasteiger partial charge >= 0.3 is 65.1 Å². The minimum Gasteiger partial charge on any atom is -0.505 e. The molecule has 0 fully saturated rings. The number of aromatic hydroxyl groups is 2. The van der Waals surface area contributed by atoms with Crippen molar-refractivity contribution in [1.82, 2.24) is 0 Å². The number of phenolic OH excluding ortho intramolecular Hbond substituents is 2. The second kappa shape index (κ2) is 10.9. The summed E-state index contributed by atoms with van der Waals surface area (Å²) in [4.78, 5) is 13.2. The van der Waals surface area contributed by atoms with E-state index in [9.17, 15) is 15.0 Å². The summed E-state index contributed by atoms with van der Waals surface area (Å²) in [5.74, 6) is -0.885. The van der Waals surface area contributed by atoms with Gasteiger partial charge in [-0.1, -0.05) is 46.4 Å². The van der Waals surface area contributed by atoms with E-state index in [-0.39, 0.29) is 131 Å². The molecule has 0 amide bonds. The summed E-state index contributed by atoms with van der Waals surface area (Å²) < 4.78 is 13.0. The van der Waals surface area contributed by atoms with Crippen LogP contribution in [0.5, 0.6) is 23.0 Å². The number of rotatable bonds is 0. The van der Waals surface area contributed by atoms with E-state index in [0.717, 1.165) is 0 Å². The third-order valence-corrected chi connectivity index (χ3v) is 9.81. The van der Waals surface area contributed by atoms with Crippen LogP contribution in [0, 0.1) is 0 Å². The Morgan fingerprint density at radius 3 is 1.63 bits per heavy atom. The zero-order valence-electron chi connectivity index (χ0n) is 17.3. The summed E-state index contributed by atoms with van der Waals surface area (Å²) in [6.45, 7) is 0. The van der Waals surface area contributed by atoms with Crippen LogP contribution in [-0.4, -0.2) is 16.2 Å². The minimum atomic E-state index is -1.72. The van der Waals surface area contributed by atoms with E-state index in [4.69, 9.17) is 55.9 Å². The van der Waals surface area contributed by atoms with E-state index in [2.05, 4.69) is 63.7 Å². The van der Waals surface area contributed by atoms with Gasteiger partial charge in [0.1, 0.15) is 20.4 Å². The Balaban J connectivity index is 0.00000171. The number of ether oxygens (including phenoxy) is 2. The van der Waals surface area contributed by atoms with E-state index in [1.54, 1.807) is 0 Å². The molecule has 3 aromatic rings. The second-order valence-electron chi connectivity index (χ2n) is 6.97. The predicted molar refractivity (Wildman–Crippen MR) is 139 cm³/mol. The molecule has 2 aliphatic heterocycles. The van der Waals surface area contributed by atoms with Gasteiger partial charge in [-0.15, -0.1) is 0 Å². The summed E-state index contributed by atoms with van der Waals surface area (Å²) in [6.07, 6.45) is 0. The smallest absolute Gasteiger partial charge is 0.505 e. The minimum absolute atomic E-state index is 0. The fraction of sp³-hybridized carbons (Fsp3) is 0.0500. The van der Waals surface area contributed by atoms with Crippen molar-refractivity contribution in [1.29, 1.82) is 0 Å². The number of carbonyl (C=O) groups is 1. The zero-order chi connectivity index (χ0) is 24.1. The number of carbonyl (C=O) groups excluding carboxylic acids is 1. The average Bonchev–Trinajstić information content (AvgIpc) is 3.08. The molecule has 5 nitrogen and oxygen atoms in total. The number of esters is 1. The molecule has 2 heterocycles. The van der Waals surface area contributed by atoms with E-state index >= 15 is 0 Å². The molecular formula is C20H4Br4Cl4Na2O5+2. The first kappa shape index (κ1) is 31.1. The Kier molecular flexibility index (Phi) is 9.68. The Hall–Kier alpha value is 1.61. The molecule has 170 valence electrons. The van der Waals surface area contributed by atoms with Crippen molar-refractivity contribution in [2.75, 3.05) is 0 Å². The molecule has 0 saturated heterocycles. The first-order valence-electron chi connectivity index (χ1n) is 8.63. The van der Waals surface area contributed by atoms with E-state index < -0.39 is 11.6 Å². The van der Waals surface area contributed by atoms with E-state index in [1.807, 2.05) is 0 Å². The van der Waals surface area contributed by atoms with Crippen molar-refractivity contribution >= 4 is 116 Å². The van der Waals surface area contributed by atoms with Crippen LogP contribution in [0.15, 0.2) is 30.0 Å². The van der Waals surface area contributed by atoms with E-state index in [0.29, 0.717) is 11.1 Å². The topological polar surface area (TPSA) is 76.0 Å². The van der Waals surface area contributed by atoms with Gasteiger partial charge in [0.2, 0.25) is 0 Å². The first-order valence-corrected chi connectivity index (χ1v) is 13.3. The van der Waals surface area contributed by atoms with Gasteiger partial charge in [0, 0.05) is 5.56 Å². The van der Waals surface area contributed by atoms with Crippen LogP contribution in [0.1, 0.15) is 27.0 Å². The van der Waals surface area contributed by atoms with Gasteiger partial charge in [-0.05, 0) is 75.9 Å².